The maximum atomic E-state index is 11.6. The summed E-state index contributed by atoms with van der Waals surface area (Å²) in [7, 11) is 0. The fourth-order valence-electron chi connectivity index (χ4n) is 1.18. The van der Waals surface area contributed by atoms with Crippen LogP contribution in [0, 0.1) is 0 Å². The third-order valence-corrected chi connectivity index (χ3v) is 1.92. The summed E-state index contributed by atoms with van der Waals surface area (Å²) in [6.45, 7) is 1.80. The first-order valence-corrected chi connectivity index (χ1v) is 4.95. The number of carbonyl (C=O) groups is 2. The SMILES string of the molecule is CC/C=C(\NC(=O)c1ccccc1)C(=O)O. The summed E-state index contributed by atoms with van der Waals surface area (Å²) in [4.78, 5) is 22.4. The number of carbonyl (C=O) groups excluding carboxylic acids is 1. The Morgan fingerprint density at radius 2 is 1.94 bits per heavy atom. The number of hydrogen-bond donors (Lipinski definition) is 2. The van der Waals surface area contributed by atoms with Gasteiger partial charge in [-0.05, 0) is 18.6 Å². The number of hydrogen-bond acceptors (Lipinski definition) is 2. The first-order chi connectivity index (χ1) is 7.65. The molecule has 0 atom stereocenters. The van der Waals surface area contributed by atoms with Crippen molar-refractivity contribution in [2.45, 2.75) is 13.3 Å². The number of allylic oxidation sites excluding steroid dienone is 1. The van der Waals surface area contributed by atoms with Crippen LogP contribution in [-0.4, -0.2) is 17.0 Å². The Balaban J connectivity index is 2.78. The van der Waals surface area contributed by atoms with E-state index in [0.29, 0.717) is 12.0 Å². The van der Waals surface area contributed by atoms with Gasteiger partial charge in [-0.3, -0.25) is 4.79 Å². The minimum atomic E-state index is -1.13. The van der Waals surface area contributed by atoms with Gasteiger partial charge in [0.1, 0.15) is 5.70 Å². The van der Waals surface area contributed by atoms with Crippen LogP contribution in [0.5, 0.6) is 0 Å². The summed E-state index contributed by atoms with van der Waals surface area (Å²) in [5.74, 6) is -1.55. The molecule has 84 valence electrons. The minimum absolute atomic E-state index is 0.0867. The molecule has 4 heteroatoms. The molecule has 16 heavy (non-hydrogen) atoms. The van der Waals surface area contributed by atoms with Crippen molar-refractivity contribution in [1.82, 2.24) is 5.32 Å². The molecular weight excluding hydrogens is 206 g/mol. The molecule has 0 heterocycles. The van der Waals surface area contributed by atoms with Crippen molar-refractivity contribution in [1.29, 1.82) is 0 Å². The molecule has 1 aromatic rings. The van der Waals surface area contributed by atoms with E-state index in [1.807, 2.05) is 0 Å². The van der Waals surface area contributed by atoms with Crippen molar-refractivity contribution in [2.24, 2.45) is 0 Å². The Hall–Kier alpha value is -2.10. The molecule has 0 bridgehead atoms. The summed E-state index contributed by atoms with van der Waals surface area (Å²) >= 11 is 0. The molecule has 0 radical (unpaired) electrons. The second-order valence-corrected chi connectivity index (χ2v) is 3.15. The van der Waals surface area contributed by atoms with Crippen LogP contribution >= 0.6 is 0 Å². The van der Waals surface area contributed by atoms with Gasteiger partial charge in [-0.15, -0.1) is 0 Å². The molecule has 0 aliphatic heterocycles. The van der Waals surface area contributed by atoms with Gasteiger partial charge in [0.25, 0.3) is 5.91 Å². The second kappa shape index (κ2) is 5.70. The van der Waals surface area contributed by atoms with Crippen LogP contribution in [0.4, 0.5) is 0 Å². The normalized spacial score (nSPS) is 10.9. The lowest BCUT2D eigenvalue weighted by Crippen LogP contribution is -2.27. The quantitative estimate of drug-likeness (QED) is 0.759. The molecule has 0 spiro atoms. The predicted octanol–water partition coefficient (Wildman–Crippen LogP) is 1.79. The largest absolute Gasteiger partial charge is 0.477 e. The molecule has 0 aliphatic carbocycles. The van der Waals surface area contributed by atoms with E-state index in [9.17, 15) is 9.59 Å². The first kappa shape index (κ1) is 12.0. The second-order valence-electron chi connectivity index (χ2n) is 3.15. The summed E-state index contributed by atoms with van der Waals surface area (Å²) < 4.78 is 0. The lowest BCUT2D eigenvalue weighted by atomic mass is 10.2. The highest BCUT2D eigenvalue weighted by molar-refractivity contribution is 6.00. The predicted molar refractivity (Wildman–Crippen MR) is 59.9 cm³/mol. The lowest BCUT2D eigenvalue weighted by molar-refractivity contribution is -0.133. The molecule has 1 amide bonds. The highest BCUT2D eigenvalue weighted by Gasteiger charge is 2.11. The van der Waals surface area contributed by atoms with Gasteiger partial charge in [-0.1, -0.05) is 31.2 Å². The zero-order valence-corrected chi connectivity index (χ0v) is 8.93. The monoisotopic (exact) mass is 219 g/mol. The first-order valence-electron chi connectivity index (χ1n) is 4.95. The highest BCUT2D eigenvalue weighted by atomic mass is 16.4. The van der Waals surface area contributed by atoms with Gasteiger partial charge in [0.2, 0.25) is 0 Å². The fraction of sp³-hybridized carbons (Fsp3) is 0.167. The van der Waals surface area contributed by atoms with Gasteiger partial charge < -0.3 is 10.4 Å². The number of aliphatic carboxylic acids is 1. The average Bonchev–Trinajstić information content (AvgIpc) is 2.29. The molecule has 0 unspecified atom stereocenters. The third kappa shape index (κ3) is 3.24. The Kier molecular flexibility index (Phi) is 4.27. The molecule has 4 nitrogen and oxygen atoms in total. The molecule has 0 saturated carbocycles. The zero-order valence-electron chi connectivity index (χ0n) is 8.93. The van der Waals surface area contributed by atoms with Crippen LogP contribution < -0.4 is 5.32 Å². The van der Waals surface area contributed by atoms with Crippen molar-refractivity contribution >= 4 is 11.9 Å². The lowest BCUT2D eigenvalue weighted by Gasteiger charge is -2.05. The Morgan fingerprint density at radius 3 is 2.44 bits per heavy atom. The van der Waals surface area contributed by atoms with Crippen LogP contribution in [0.1, 0.15) is 23.7 Å². The van der Waals surface area contributed by atoms with Crippen molar-refractivity contribution in [3.05, 3.63) is 47.7 Å². The maximum Gasteiger partial charge on any atom is 0.352 e. The van der Waals surface area contributed by atoms with E-state index in [2.05, 4.69) is 5.32 Å². The number of rotatable bonds is 4. The smallest absolute Gasteiger partial charge is 0.352 e. The number of benzene rings is 1. The average molecular weight is 219 g/mol. The van der Waals surface area contributed by atoms with Gasteiger partial charge in [0.05, 0.1) is 0 Å². The summed E-state index contributed by atoms with van der Waals surface area (Å²) in [6.07, 6.45) is 2.01. The van der Waals surface area contributed by atoms with Crippen molar-refractivity contribution in [3.63, 3.8) is 0 Å². The van der Waals surface area contributed by atoms with Crippen LogP contribution in [-0.2, 0) is 4.79 Å². The molecule has 0 saturated heterocycles. The van der Waals surface area contributed by atoms with Gasteiger partial charge >= 0.3 is 5.97 Å². The third-order valence-electron chi connectivity index (χ3n) is 1.92. The minimum Gasteiger partial charge on any atom is -0.477 e. The van der Waals surface area contributed by atoms with E-state index in [1.54, 1.807) is 37.3 Å². The molecule has 0 aliphatic rings. The van der Waals surface area contributed by atoms with E-state index in [-0.39, 0.29) is 5.70 Å². The molecule has 1 rings (SSSR count). The van der Waals surface area contributed by atoms with Crippen molar-refractivity contribution in [3.8, 4) is 0 Å². The van der Waals surface area contributed by atoms with E-state index >= 15 is 0 Å². The number of carboxylic acids is 1. The standard InChI is InChI=1S/C12H13NO3/c1-2-6-10(12(15)16)13-11(14)9-7-4-3-5-8-9/h3-8H,2H2,1H3,(H,13,14)(H,15,16)/b10-6-. The summed E-state index contributed by atoms with van der Waals surface area (Å²) in [6, 6.07) is 8.48. The number of carboxylic acid groups (broad SMARTS) is 1. The van der Waals surface area contributed by atoms with Crippen molar-refractivity contribution < 1.29 is 14.7 Å². The zero-order chi connectivity index (χ0) is 12.0. The molecule has 1 aromatic carbocycles. The summed E-state index contributed by atoms with van der Waals surface area (Å²) in [5.41, 5.74) is 0.349. The number of nitrogens with one attached hydrogen (secondary N) is 1. The highest BCUT2D eigenvalue weighted by Crippen LogP contribution is 2.01. The van der Waals surface area contributed by atoms with Gasteiger partial charge in [-0.2, -0.15) is 0 Å². The van der Waals surface area contributed by atoms with E-state index in [4.69, 9.17) is 5.11 Å². The Morgan fingerprint density at radius 1 is 1.31 bits per heavy atom. The van der Waals surface area contributed by atoms with E-state index in [0.717, 1.165) is 0 Å². The molecule has 0 fully saturated rings. The van der Waals surface area contributed by atoms with Crippen LogP contribution in [0.3, 0.4) is 0 Å². The van der Waals surface area contributed by atoms with Gasteiger partial charge in [-0.25, -0.2) is 4.79 Å². The molecular formula is C12H13NO3. The Labute approximate surface area is 93.6 Å². The van der Waals surface area contributed by atoms with E-state index < -0.39 is 11.9 Å². The summed E-state index contributed by atoms with van der Waals surface area (Å²) in [5, 5.41) is 11.2. The topological polar surface area (TPSA) is 66.4 Å². The van der Waals surface area contributed by atoms with Crippen LogP contribution in [0.2, 0.25) is 0 Å². The van der Waals surface area contributed by atoms with Crippen LogP contribution in [0.25, 0.3) is 0 Å². The van der Waals surface area contributed by atoms with E-state index in [1.165, 1.54) is 6.08 Å². The number of amides is 1. The van der Waals surface area contributed by atoms with Gasteiger partial charge in [0, 0.05) is 5.56 Å². The fourth-order valence-corrected chi connectivity index (χ4v) is 1.18. The molecule has 2 N–H and O–H groups in total. The molecule has 0 aromatic heterocycles. The van der Waals surface area contributed by atoms with Crippen molar-refractivity contribution in [2.75, 3.05) is 0 Å². The van der Waals surface area contributed by atoms with Crippen LogP contribution in [0.15, 0.2) is 42.1 Å². The maximum absolute atomic E-state index is 11.6. The van der Waals surface area contributed by atoms with Gasteiger partial charge in [0.15, 0.2) is 0 Å². The Bertz CT molecular complexity index is 410.